The molecule has 0 spiro atoms. The molecule has 1 fully saturated rings. The number of hydrogen-bond donors (Lipinski definition) is 2. The van der Waals surface area contributed by atoms with Gasteiger partial charge in [-0.15, -0.1) is 0 Å². The summed E-state index contributed by atoms with van der Waals surface area (Å²) < 4.78 is 85.6. The van der Waals surface area contributed by atoms with Crippen LogP contribution in [0.1, 0.15) is 47.4 Å². The van der Waals surface area contributed by atoms with Gasteiger partial charge >= 0.3 is 12.4 Å². The molecule has 4 rings (SSSR count). The number of rotatable bonds is 12. The number of ether oxygens (including phenoxy) is 1. The van der Waals surface area contributed by atoms with Crippen molar-refractivity contribution in [3.63, 3.8) is 0 Å². The lowest BCUT2D eigenvalue weighted by Crippen LogP contribution is -2.42. The third kappa shape index (κ3) is 9.75. The minimum atomic E-state index is -4.92. The number of halogens is 8. The number of likely N-dealkylation sites (tertiary alicyclic amines) is 1. The maximum absolute atomic E-state index is 13.3. The Morgan fingerprint density at radius 2 is 1.50 bits per heavy atom. The van der Waals surface area contributed by atoms with Gasteiger partial charge in [0.2, 0.25) is 0 Å². The fraction of sp³-hybridized carbons (Fsp3) is 0.438. The molecule has 4 nitrogen and oxygen atoms in total. The summed E-state index contributed by atoms with van der Waals surface area (Å²) in [7, 11) is 1.74. The van der Waals surface area contributed by atoms with Crippen molar-refractivity contribution in [1.82, 2.24) is 10.2 Å². The average Bonchev–Trinajstić information content (AvgIpc) is 2.98. The van der Waals surface area contributed by atoms with Crippen molar-refractivity contribution >= 4 is 28.9 Å². The third-order valence-corrected chi connectivity index (χ3v) is 8.67. The first-order chi connectivity index (χ1) is 20.8. The molecule has 0 bridgehead atoms. The van der Waals surface area contributed by atoms with Crippen LogP contribution in [0.15, 0.2) is 66.7 Å². The largest absolute Gasteiger partial charge is 0.416 e. The van der Waals surface area contributed by atoms with Gasteiger partial charge < -0.3 is 20.3 Å². The molecule has 1 heterocycles. The van der Waals surface area contributed by atoms with Gasteiger partial charge in [-0.1, -0.05) is 47.5 Å². The Bertz CT molecular complexity index is 1320. The van der Waals surface area contributed by atoms with Crippen LogP contribution < -0.4 is 10.6 Å². The maximum atomic E-state index is 13.3. The van der Waals surface area contributed by atoms with Gasteiger partial charge in [0, 0.05) is 36.8 Å². The first-order valence-electron chi connectivity index (χ1n) is 14.4. The molecular weight excluding hydrogens is 627 g/mol. The highest BCUT2D eigenvalue weighted by Crippen LogP contribution is 2.37. The second-order valence-electron chi connectivity index (χ2n) is 11.0. The number of nitrogens with zero attached hydrogens (tertiary/aromatic N) is 1. The van der Waals surface area contributed by atoms with Crippen molar-refractivity contribution in [2.45, 2.75) is 56.2 Å². The minimum Gasteiger partial charge on any atom is -0.382 e. The van der Waals surface area contributed by atoms with Gasteiger partial charge in [-0.25, -0.2) is 0 Å². The highest BCUT2D eigenvalue weighted by molar-refractivity contribution is 6.42. The number of benzene rings is 3. The van der Waals surface area contributed by atoms with E-state index < -0.39 is 30.1 Å². The molecule has 12 heteroatoms. The summed E-state index contributed by atoms with van der Waals surface area (Å²) in [5.41, 5.74) is -0.941. The molecule has 0 aliphatic carbocycles. The van der Waals surface area contributed by atoms with E-state index in [9.17, 15) is 26.3 Å². The molecule has 1 saturated heterocycles. The first-order valence-corrected chi connectivity index (χ1v) is 15.1. The van der Waals surface area contributed by atoms with Crippen LogP contribution in [-0.4, -0.2) is 50.3 Å². The number of piperidine rings is 1. The summed E-state index contributed by atoms with van der Waals surface area (Å²) >= 11 is 12.5. The fourth-order valence-corrected chi connectivity index (χ4v) is 5.85. The minimum absolute atomic E-state index is 0.0437. The van der Waals surface area contributed by atoms with E-state index in [1.54, 1.807) is 19.2 Å². The zero-order valence-electron chi connectivity index (χ0n) is 24.1. The summed E-state index contributed by atoms with van der Waals surface area (Å²) in [6.45, 7) is 2.24. The van der Waals surface area contributed by atoms with Crippen molar-refractivity contribution in [2.24, 2.45) is 0 Å². The monoisotopic (exact) mass is 661 g/mol. The van der Waals surface area contributed by atoms with Crippen molar-refractivity contribution in [2.75, 3.05) is 38.6 Å². The van der Waals surface area contributed by atoms with E-state index in [0.717, 1.165) is 43.7 Å². The van der Waals surface area contributed by atoms with E-state index in [-0.39, 0.29) is 30.2 Å². The standard InChI is InChI=1S/C32H35Cl2F6N3O/c1-41-30(20-44-19-21-15-23(31(35,36)37)18-24(16-21)32(38,39)40)27(22-7-8-28(33)29(34)17-22)11-14-43-12-9-26(10-13-43)42-25-5-3-2-4-6-25/h2-8,15-18,26-27,30,41-42H,9-14,19-20H2,1H3. The van der Waals surface area contributed by atoms with Crippen LogP contribution in [0.3, 0.4) is 0 Å². The topological polar surface area (TPSA) is 36.5 Å². The number of alkyl halides is 6. The zero-order chi connectivity index (χ0) is 31.9. The molecule has 1 aliphatic heterocycles. The highest BCUT2D eigenvalue weighted by atomic mass is 35.5. The van der Waals surface area contributed by atoms with Gasteiger partial charge in [0.05, 0.1) is 34.4 Å². The fourth-order valence-electron chi connectivity index (χ4n) is 5.54. The molecule has 240 valence electrons. The second kappa shape index (κ2) is 15.2. The van der Waals surface area contributed by atoms with Crippen LogP contribution in [-0.2, 0) is 23.7 Å². The molecule has 0 radical (unpaired) electrons. The highest BCUT2D eigenvalue weighted by Gasteiger charge is 2.37. The van der Waals surface area contributed by atoms with E-state index in [4.69, 9.17) is 27.9 Å². The smallest absolute Gasteiger partial charge is 0.382 e. The molecule has 2 atom stereocenters. The van der Waals surface area contributed by atoms with E-state index in [0.29, 0.717) is 34.6 Å². The maximum Gasteiger partial charge on any atom is 0.416 e. The number of nitrogens with one attached hydrogen (secondary N) is 2. The lowest BCUT2D eigenvalue weighted by molar-refractivity contribution is -0.143. The van der Waals surface area contributed by atoms with Crippen LogP contribution in [0, 0.1) is 0 Å². The number of para-hydroxylation sites is 1. The predicted octanol–water partition coefficient (Wildman–Crippen LogP) is 8.89. The molecule has 3 aromatic rings. The molecule has 1 aliphatic rings. The number of likely N-dealkylation sites (N-methyl/N-ethyl adjacent to an activating group) is 1. The normalized spacial score (nSPS) is 16.6. The molecule has 2 N–H and O–H groups in total. The molecule has 0 amide bonds. The zero-order valence-corrected chi connectivity index (χ0v) is 25.6. The average molecular weight is 663 g/mol. The Morgan fingerprint density at radius 1 is 0.864 bits per heavy atom. The summed E-state index contributed by atoms with van der Waals surface area (Å²) in [6, 6.07) is 17.0. The van der Waals surface area contributed by atoms with Crippen molar-refractivity contribution in [3.05, 3.63) is 99.0 Å². The first kappa shape index (κ1) is 34.4. The Labute approximate surface area is 263 Å². The molecule has 3 aromatic carbocycles. The second-order valence-corrected chi connectivity index (χ2v) is 11.8. The van der Waals surface area contributed by atoms with Gasteiger partial charge in [0.25, 0.3) is 0 Å². The Hall–Kier alpha value is -2.50. The van der Waals surface area contributed by atoms with Gasteiger partial charge in [-0.05, 0) is 86.4 Å². The van der Waals surface area contributed by atoms with Gasteiger partial charge in [0.1, 0.15) is 0 Å². The van der Waals surface area contributed by atoms with Gasteiger partial charge in [0.15, 0.2) is 0 Å². The number of anilines is 1. The number of hydrogen-bond acceptors (Lipinski definition) is 4. The van der Waals surface area contributed by atoms with E-state index in [2.05, 4.69) is 27.7 Å². The predicted molar refractivity (Wildman–Crippen MR) is 162 cm³/mol. The molecule has 44 heavy (non-hydrogen) atoms. The molecular formula is C32H35Cl2F6N3O. The van der Waals surface area contributed by atoms with Crippen LogP contribution >= 0.6 is 23.2 Å². The summed E-state index contributed by atoms with van der Waals surface area (Å²) in [6.07, 6.45) is -7.15. The lowest BCUT2D eigenvalue weighted by Gasteiger charge is -2.35. The SMILES string of the molecule is CNC(COCc1cc(C(F)(F)F)cc(C(F)(F)F)c1)C(CCN1CCC(Nc2ccccc2)CC1)c1ccc(Cl)c(Cl)c1. The van der Waals surface area contributed by atoms with Crippen molar-refractivity contribution in [1.29, 1.82) is 0 Å². The Balaban J connectivity index is 1.42. The van der Waals surface area contributed by atoms with Crippen LogP contribution in [0.2, 0.25) is 10.0 Å². The van der Waals surface area contributed by atoms with Crippen molar-refractivity contribution < 1.29 is 31.1 Å². The summed E-state index contributed by atoms with van der Waals surface area (Å²) in [4.78, 5) is 2.39. The van der Waals surface area contributed by atoms with E-state index in [1.807, 2.05) is 24.3 Å². The lowest BCUT2D eigenvalue weighted by atomic mass is 9.88. The quantitative estimate of drug-likeness (QED) is 0.190. The van der Waals surface area contributed by atoms with E-state index >= 15 is 0 Å². The van der Waals surface area contributed by atoms with Crippen molar-refractivity contribution in [3.8, 4) is 0 Å². The molecule has 2 unspecified atom stereocenters. The Morgan fingerprint density at radius 3 is 2.07 bits per heavy atom. The summed E-state index contributed by atoms with van der Waals surface area (Å²) in [5, 5.41) is 7.61. The molecule has 0 saturated carbocycles. The van der Waals surface area contributed by atoms with Gasteiger partial charge in [-0.3, -0.25) is 0 Å². The van der Waals surface area contributed by atoms with E-state index in [1.165, 1.54) is 0 Å². The Kier molecular flexibility index (Phi) is 11.9. The summed E-state index contributed by atoms with van der Waals surface area (Å²) in [5.74, 6) is -0.123. The van der Waals surface area contributed by atoms with Crippen LogP contribution in [0.4, 0.5) is 32.0 Å². The molecule has 0 aromatic heterocycles. The third-order valence-electron chi connectivity index (χ3n) is 7.93. The van der Waals surface area contributed by atoms with Gasteiger partial charge in [-0.2, -0.15) is 26.3 Å². The van der Waals surface area contributed by atoms with Crippen LogP contribution in [0.25, 0.3) is 0 Å². The van der Waals surface area contributed by atoms with Crippen LogP contribution in [0.5, 0.6) is 0 Å².